The van der Waals surface area contributed by atoms with Crippen LogP contribution in [0.1, 0.15) is 30.0 Å². The number of nitrogens with one attached hydrogen (secondary N) is 1. The Balaban J connectivity index is 2.44. The van der Waals surface area contributed by atoms with Crippen LogP contribution in [0.3, 0.4) is 0 Å². The lowest BCUT2D eigenvalue weighted by atomic mass is 10.2. The number of para-hydroxylation sites is 1. The fraction of sp³-hybridized carbons (Fsp3) is 0.357. The zero-order chi connectivity index (χ0) is 14.9. The van der Waals surface area contributed by atoms with E-state index in [2.05, 4.69) is 10.3 Å². The molecule has 0 saturated carbocycles. The lowest BCUT2D eigenvalue weighted by Crippen LogP contribution is -2.33. The minimum Gasteiger partial charge on any atom is -0.478 e. The molecule has 0 aliphatic rings. The first-order chi connectivity index (χ1) is 9.40. The maximum Gasteiger partial charge on any atom is 0.337 e. The summed E-state index contributed by atoms with van der Waals surface area (Å²) in [6, 6.07) is 5.00. The van der Waals surface area contributed by atoms with Crippen molar-refractivity contribution in [1.82, 2.24) is 14.9 Å². The highest BCUT2D eigenvalue weighted by atomic mass is 16.4. The second-order valence-electron chi connectivity index (χ2n) is 4.95. The van der Waals surface area contributed by atoms with Gasteiger partial charge in [-0.1, -0.05) is 6.07 Å². The molecule has 0 fully saturated rings. The molecule has 0 unspecified atom stereocenters. The number of aromatic carboxylic acids is 1. The maximum atomic E-state index is 11.9. The van der Waals surface area contributed by atoms with Crippen LogP contribution in [0, 0.1) is 6.92 Å². The summed E-state index contributed by atoms with van der Waals surface area (Å²) in [5, 5.41) is 12.0. The normalized spacial score (nSPS) is 11.0. The van der Waals surface area contributed by atoms with E-state index in [4.69, 9.17) is 5.11 Å². The molecule has 106 valence electrons. The fourth-order valence-corrected chi connectivity index (χ4v) is 2.15. The number of fused-ring (bicyclic) bond motifs is 1. The summed E-state index contributed by atoms with van der Waals surface area (Å²) >= 11 is 0. The second kappa shape index (κ2) is 5.32. The average molecular weight is 275 g/mol. The summed E-state index contributed by atoms with van der Waals surface area (Å²) in [5.74, 6) is -0.525. The molecule has 6 heteroatoms. The number of carbonyl (C=O) groups excluding carboxylic acids is 1. The average Bonchev–Trinajstić information content (AvgIpc) is 2.64. The third-order valence-electron chi connectivity index (χ3n) is 2.95. The highest BCUT2D eigenvalue weighted by Crippen LogP contribution is 2.20. The molecule has 0 bridgehead atoms. The number of aromatic nitrogens is 2. The lowest BCUT2D eigenvalue weighted by molar-refractivity contribution is -0.122. The number of rotatable bonds is 4. The van der Waals surface area contributed by atoms with Crippen LogP contribution in [0.5, 0.6) is 0 Å². The molecule has 0 aliphatic heterocycles. The van der Waals surface area contributed by atoms with Crippen molar-refractivity contribution < 1.29 is 14.7 Å². The maximum absolute atomic E-state index is 11.9. The van der Waals surface area contributed by atoms with Gasteiger partial charge in [-0.2, -0.15) is 0 Å². The van der Waals surface area contributed by atoms with Gasteiger partial charge in [0.05, 0.1) is 11.1 Å². The number of carbonyl (C=O) groups is 2. The van der Waals surface area contributed by atoms with Crippen molar-refractivity contribution >= 4 is 22.9 Å². The van der Waals surface area contributed by atoms with Crippen LogP contribution in [0.4, 0.5) is 0 Å². The Hall–Kier alpha value is -2.37. The number of imidazole rings is 1. The predicted octanol–water partition coefficient (Wildman–Crippen LogP) is 1.57. The van der Waals surface area contributed by atoms with Gasteiger partial charge in [-0.15, -0.1) is 0 Å². The van der Waals surface area contributed by atoms with E-state index < -0.39 is 5.97 Å². The van der Waals surface area contributed by atoms with E-state index in [1.807, 2.05) is 13.8 Å². The van der Waals surface area contributed by atoms with Gasteiger partial charge in [-0.05, 0) is 32.9 Å². The van der Waals surface area contributed by atoms with Crippen LogP contribution < -0.4 is 5.32 Å². The molecule has 0 aliphatic carbocycles. The Morgan fingerprint density at radius 3 is 2.70 bits per heavy atom. The van der Waals surface area contributed by atoms with Gasteiger partial charge in [0.2, 0.25) is 5.91 Å². The first-order valence-electron chi connectivity index (χ1n) is 6.38. The molecule has 0 spiro atoms. The minimum atomic E-state index is -1.02. The van der Waals surface area contributed by atoms with Gasteiger partial charge in [0.1, 0.15) is 17.9 Å². The molecular formula is C14H17N3O3. The molecule has 0 saturated heterocycles. The van der Waals surface area contributed by atoms with Crippen molar-refractivity contribution in [2.45, 2.75) is 33.4 Å². The van der Waals surface area contributed by atoms with E-state index >= 15 is 0 Å². The molecule has 1 heterocycles. The summed E-state index contributed by atoms with van der Waals surface area (Å²) in [4.78, 5) is 27.3. The smallest absolute Gasteiger partial charge is 0.337 e. The molecule has 1 aromatic heterocycles. The Morgan fingerprint density at radius 1 is 1.40 bits per heavy atom. The Bertz CT molecular complexity index is 674. The van der Waals surface area contributed by atoms with E-state index in [1.54, 1.807) is 23.6 Å². The van der Waals surface area contributed by atoms with Crippen LogP contribution in [-0.2, 0) is 11.3 Å². The number of amides is 1. The van der Waals surface area contributed by atoms with Gasteiger partial charge in [-0.25, -0.2) is 9.78 Å². The first kappa shape index (κ1) is 14.0. The van der Waals surface area contributed by atoms with Gasteiger partial charge in [0.15, 0.2) is 0 Å². The highest BCUT2D eigenvalue weighted by Gasteiger charge is 2.16. The van der Waals surface area contributed by atoms with E-state index in [0.717, 1.165) is 0 Å². The third-order valence-corrected chi connectivity index (χ3v) is 2.95. The molecule has 1 aromatic carbocycles. The van der Waals surface area contributed by atoms with Crippen LogP contribution in [-0.4, -0.2) is 32.6 Å². The number of nitrogens with zero attached hydrogens (tertiary/aromatic N) is 2. The van der Waals surface area contributed by atoms with E-state index in [0.29, 0.717) is 16.9 Å². The zero-order valence-electron chi connectivity index (χ0n) is 11.7. The van der Waals surface area contributed by atoms with Crippen LogP contribution in [0.2, 0.25) is 0 Å². The number of aryl methyl sites for hydroxylation is 1. The standard InChI is InChI=1S/C14H17N3O3/c1-8(2)15-12(18)7-17-9(3)16-13-10(14(19)20)5-4-6-11(13)17/h4-6,8H,7H2,1-3H3,(H,15,18)(H,19,20). The summed E-state index contributed by atoms with van der Waals surface area (Å²) < 4.78 is 1.72. The summed E-state index contributed by atoms with van der Waals surface area (Å²) in [5.41, 5.74) is 1.21. The van der Waals surface area contributed by atoms with Crippen molar-refractivity contribution in [2.75, 3.05) is 0 Å². The predicted molar refractivity (Wildman–Crippen MR) is 74.7 cm³/mol. The van der Waals surface area contributed by atoms with E-state index in [-0.39, 0.29) is 24.1 Å². The number of carboxylic acid groups (broad SMARTS) is 1. The quantitative estimate of drug-likeness (QED) is 0.887. The zero-order valence-corrected chi connectivity index (χ0v) is 11.7. The molecular weight excluding hydrogens is 258 g/mol. The summed E-state index contributed by atoms with van der Waals surface area (Å²) in [6.07, 6.45) is 0. The van der Waals surface area contributed by atoms with Gasteiger partial charge in [-0.3, -0.25) is 4.79 Å². The van der Waals surface area contributed by atoms with Gasteiger partial charge in [0.25, 0.3) is 0 Å². The van der Waals surface area contributed by atoms with Crippen molar-refractivity contribution in [2.24, 2.45) is 0 Å². The number of carboxylic acids is 1. The molecule has 2 rings (SSSR count). The molecule has 0 radical (unpaired) electrons. The topological polar surface area (TPSA) is 84.2 Å². The van der Waals surface area contributed by atoms with Crippen LogP contribution >= 0.6 is 0 Å². The van der Waals surface area contributed by atoms with Gasteiger partial charge in [0, 0.05) is 6.04 Å². The molecule has 2 N–H and O–H groups in total. The molecule has 20 heavy (non-hydrogen) atoms. The van der Waals surface area contributed by atoms with Crippen LogP contribution in [0.25, 0.3) is 11.0 Å². The van der Waals surface area contributed by atoms with E-state index in [9.17, 15) is 9.59 Å². The van der Waals surface area contributed by atoms with Crippen molar-refractivity contribution in [1.29, 1.82) is 0 Å². The highest BCUT2D eigenvalue weighted by molar-refractivity contribution is 6.01. The minimum absolute atomic E-state index is 0.0622. The van der Waals surface area contributed by atoms with Crippen LogP contribution in [0.15, 0.2) is 18.2 Å². The molecule has 1 amide bonds. The summed E-state index contributed by atoms with van der Waals surface area (Å²) in [6.45, 7) is 5.66. The monoisotopic (exact) mass is 275 g/mol. The fourth-order valence-electron chi connectivity index (χ4n) is 2.15. The second-order valence-corrected chi connectivity index (χ2v) is 4.95. The number of hydrogen-bond acceptors (Lipinski definition) is 3. The molecule has 2 aromatic rings. The molecule has 6 nitrogen and oxygen atoms in total. The Labute approximate surface area is 116 Å². The SMILES string of the molecule is Cc1nc2c(C(=O)O)cccc2n1CC(=O)NC(C)C. The molecule has 0 atom stereocenters. The van der Waals surface area contributed by atoms with Gasteiger partial charge < -0.3 is 15.0 Å². The number of benzene rings is 1. The van der Waals surface area contributed by atoms with Crippen molar-refractivity contribution in [3.05, 3.63) is 29.6 Å². The van der Waals surface area contributed by atoms with Gasteiger partial charge >= 0.3 is 5.97 Å². The largest absolute Gasteiger partial charge is 0.478 e. The van der Waals surface area contributed by atoms with Crippen molar-refractivity contribution in [3.63, 3.8) is 0 Å². The summed E-state index contributed by atoms with van der Waals surface area (Å²) in [7, 11) is 0. The van der Waals surface area contributed by atoms with E-state index in [1.165, 1.54) is 6.07 Å². The lowest BCUT2D eigenvalue weighted by Gasteiger charge is -2.10. The number of hydrogen-bond donors (Lipinski definition) is 2. The Morgan fingerprint density at radius 2 is 2.10 bits per heavy atom. The van der Waals surface area contributed by atoms with Crippen molar-refractivity contribution in [3.8, 4) is 0 Å². The first-order valence-corrected chi connectivity index (χ1v) is 6.38. The third kappa shape index (κ3) is 2.64. The Kier molecular flexibility index (Phi) is 3.74.